The Morgan fingerprint density at radius 1 is 1.36 bits per heavy atom. The van der Waals surface area contributed by atoms with Crippen molar-refractivity contribution in [1.29, 1.82) is 0 Å². The predicted octanol–water partition coefficient (Wildman–Crippen LogP) is 2.16. The highest BCUT2D eigenvalue weighted by atomic mass is 32.2. The molecule has 2 aromatic rings. The summed E-state index contributed by atoms with van der Waals surface area (Å²) in [4.78, 5) is 15.2. The minimum absolute atomic E-state index is 0.111. The third-order valence-electron chi connectivity index (χ3n) is 4.75. The van der Waals surface area contributed by atoms with Gasteiger partial charge >= 0.3 is 0 Å². The molecule has 2 N–H and O–H groups in total. The summed E-state index contributed by atoms with van der Waals surface area (Å²) >= 11 is 1.62. The number of carbonyl (C=O) groups is 1. The molecule has 1 saturated heterocycles. The number of ether oxygens (including phenoxy) is 1. The maximum atomic E-state index is 12.7. The van der Waals surface area contributed by atoms with Gasteiger partial charge in [0.05, 0.1) is 38.6 Å². The molecule has 0 unspecified atom stereocenters. The normalized spacial score (nSPS) is 15.9. The SMILES string of the molecule is COc1cc(SC)ccc1C(=O)NC[C@@H](c1ccco1)[NH+]1CCCC1. The monoisotopic (exact) mass is 361 g/mol. The van der Waals surface area contributed by atoms with Crippen molar-refractivity contribution in [2.45, 2.75) is 23.8 Å². The van der Waals surface area contributed by atoms with Crippen molar-refractivity contribution in [1.82, 2.24) is 5.32 Å². The van der Waals surface area contributed by atoms with Crippen molar-refractivity contribution < 1.29 is 18.8 Å². The fraction of sp³-hybridized carbons (Fsp3) is 0.421. The molecule has 0 bridgehead atoms. The summed E-state index contributed by atoms with van der Waals surface area (Å²) in [5.74, 6) is 1.42. The maximum Gasteiger partial charge on any atom is 0.255 e. The quantitative estimate of drug-likeness (QED) is 0.742. The lowest BCUT2D eigenvalue weighted by Gasteiger charge is -2.23. The van der Waals surface area contributed by atoms with Crippen molar-refractivity contribution >= 4 is 17.7 Å². The van der Waals surface area contributed by atoms with Gasteiger partial charge in [0.15, 0.2) is 11.8 Å². The van der Waals surface area contributed by atoms with Crippen LogP contribution in [0.25, 0.3) is 0 Å². The topological polar surface area (TPSA) is 55.9 Å². The number of nitrogens with one attached hydrogen (secondary N) is 2. The van der Waals surface area contributed by atoms with E-state index in [2.05, 4.69) is 5.32 Å². The summed E-state index contributed by atoms with van der Waals surface area (Å²) in [5.41, 5.74) is 0.565. The average Bonchev–Trinajstić information content (AvgIpc) is 3.35. The Morgan fingerprint density at radius 2 is 2.16 bits per heavy atom. The van der Waals surface area contributed by atoms with Crippen LogP contribution >= 0.6 is 11.8 Å². The molecule has 134 valence electrons. The van der Waals surface area contributed by atoms with Crippen molar-refractivity contribution in [3.8, 4) is 5.75 Å². The molecule has 0 saturated carbocycles. The van der Waals surface area contributed by atoms with E-state index in [1.54, 1.807) is 25.1 Å². The molecule has 1 aromatic carbocycles. The van der Waals surface area contributed by atoms with Crippen LogP contribution in [0.5, 0.6) is 5.75 Å². The van der Waals surface area contributed by atoms with Crippen molar-refractivity contribution in [3.05, 3.63) is 47.9 Å². The number of rotatable bonds is 7. The second-order valence-electron chi connectivity index (χ2n) is 6.21. The number of benzene rings is 1. The van der Waals surface area contributed by atoms with E-state index in [-0.39, 0.29) is 11.9 Å². The standard InChI is InChI=1S/C19H24N2O3S/c1-23-18-12-14(25-2)7-8-15(18)19(22)20-13-16(17-6-5-11-24-17)21-9-3-4-10-21/h5-8,11-12,16H,3-4,9-10,13H2,1-2H3,(H,20,22)/p+1/t16-/m0/s1. The van der Waals surface area contributed by atoms with Gasteiger partial charge in [0.25, 0.3) is 5.91 Å². The van der Waals surface area contributed by atoms with E-state index >= 15 is 0 Å². The van der Waals surface area contributed by atoms with Crippen LogP contribution in [0.3, 0.4) is 0 Å². The average molecular weight is 361 g/mol. The van der Waals surface area contributed by atoms with Gasteiger partial charge in [0.1, 0.15) is 5.75 Å². The lowest BCUT2D eigenvalue weighted by molar-refractivity contribution is -0.919. The number of thioether (sulfide) groups is 1. The highest BCUT2D eigenvalue weighted by Crippen LogP contribution is 2.25. The zero-order chi connectivity index (χ0) is 17.6. The van der Waals surface area contributed by atoms with E-state index in [1.807, 2.05) is 36.6 Å². The highest BCUT2D eigenvalue weighted by Gasteiger charge is 2.30. The van der Waals surface area contributed by atoms with Gasteiger partial charge in [0, 0.05) is 17.7 Å². The Bertz CT molecular complexity index is 697. The number of amides is 1. The number of furan rings is 1. The van der Waals surface area contributed by atoms with Crippen LogP contribution in [0.1, 0.15) is 35.0 Å². The first kappa shape index (κ1) is 17.9. The van der Waals surface area contributed by atoms with E-state index in [1.165, 1.54) is 17.7 Å². The number of methoxy groups -OCH3 is 1. The molecule has 1 fully saturated rings. The van der Waals surface area contributed by atoms with Crippen LogP contribution in [-0.2, 0) is 0 Å². The van der Waals surface area contributed by atoms with E-state index in [9.17, 15) is 4.79 Å². The predicted molar refractivity (Wildman–Crippen MR) is 98.5 cm³/mol. The van der Waals surface area contributed by atoms with Crippen molar-refractivity contribution in [2.24, 2.45) is 0 Å². The first-order valence-corrected chi connectivity index (χ1v) is 9.83. The summed E-state index contributed by atoms with van der Waals surface area (Å²) in [5, 5.41) is 3.07. The third kappa shape index (κ3) is 4.19. The minimum atomic E-state index is -0.111. The Morgan fingerprint density at radius 3 is 2.80 bits per heavy atom. The Balaban J connectivity index is 1.71. The smallest absolute Gasteiger partial charge is 0.255 e. The van der Waals surface area contributed by atoms with Gasteiger partial charge in [-0.1, -0.05) is 0 Å². The van der Waals surface area contributed by atoms with E-state index in [0.29, 0.717) is 17.9 Å². The van der Waals surface area contributed by atoms with Crippen LogP contribution in [-0.4, -0.2) is 38.9 Å². The molecule has 5 nitrogen and oxygen atoms in total. The maximum absolute atomic E-state index is 12.7. The van der Waals surface area contributed by atoms with Gasteiger partial charge in [-0.05, 0) is 36.6 Å². The molecule has 1 aromatic heterocycles. The van der Waals surface area contributed by atoms with Crippen LogP contribution in [0.15, 0.2) is 45.9 Å². The first-order chi connectivity index (χ1) is 12.2. The molecule has 2 heterocycles. The fourth-order valence-corrected chi connectivity index (χ4v) is 3.82. The number of hydrogen-bond donors (Lipinski definition) is 2. The largest absolute Gasteiger partial charge is 0.496 e. The Labute approximate surface area is 152 Å². The van der Waals surface area contributed by atoms with Gasteiger partial charge in [-0.3, -0.25) is 4.79 Å². The van der Waals surface area contributed by atoms with Crippen molar-refractivity contribution in [3.63, 3.8) is 0 Å². The highest BCUT2D eigenvalue weighted by molar-refractivity contribution is 7.98. The zero-order valence-corrected chi connectivity index (χ0v) is 15.5. The molecule has 25 heavy (non-hydrogen) atoms. The van der Waals surface area contributed by atoms with Crippen molar-refractivity contribution in [2.75, 3.05) is 33.0 Å². The van der Waals surface area contributed by atoms with Gasteiger partial charge in [-0.2, -0.15) is 0 Å². The van der Waals surface area contributed by atoms with Crippen LogP contribution < -0.4 is 15.0 Å². The molecule has 1 amide bonds. The molecule has 6 heteroatoms. The van der Waals surface area contributed by atoms with Gasteiger partial charge in [-0.15, -0.1) is 11.8 Å². The molecule has 0 spiro atoms. The third-order valence-corrected chi connectivity index (χ3v) is 5.47. The molecular formula is C19H25N2O3S+. The molecular weight excluding hydrogens is 336 g/mol. The Hall–Kier alpha value is -1.92. The molecule has 1 aliphatic rings. The zero-order valence-electron chi connectivity index (χ0n) is 14.7. The van der Waals surface area contributed by atoms with Crippen LogP contribution in [0.4, 0.5) is 0 Å². The number of quaternary nitrogens is 1. The summed E-state index contributed by atoms with van der Waals surface area (Å²) in [6, 6.07) is 9.72. The van der Waals surface area contributed by atoms with Crippen LogP contribution in [0.2, 0.25) is 0 Å². The minimum Gasteiger partial charge on any atom is -0.496 e. The molecule has 0 radical (unpaired) electrons. The lowest BCUT2D eigenvalue weighted by Crippen LogP contribution is -3.11. The summed E-state index contributed by atoms with van der Waals surface area (Å²) < 4.78 is 11.0. The van der Waals surface area contributed by atoms with E-state index in [4.69, 9.17) is 9.15 Å². The summed E-state index contributed by atoms with van der Waals surface area (Å²) in [6.45, 7) is 2.79. The summed E-state index contributed by atoms with van der Waals surface area (Å²) in [6.07, 6.45) is 6.15. The lowest BCUT2D eigenvalue weighted by atomic mass is 10.1. The van der Waals surface area contributed by atoms with Gasteiger partial charge in [-0.25, -0.2) is 0 Å². The molecule has 1 atom stereocenters. The van der Waals surface area contributed by atoms with Gasteiger partial charge < -0.3 is 19.4 Å². The number of hydrogen-bond acceptors (Lipinski definition) is 4. The van der Waals surface area contributed by atoms with E-state index < -0.39 is 0 Å². The van der Waals surface area contributed by atoms with Crippen LogP contribution in [0, 0.1) is 0 Å². The molecule has 3 rings (SSSR count). The first-order valence-electron chi connectivity index (χ1n) is 8.61. The number of carbonyl (C=O) groups excluding carboxylic acids is 1. The molecule has 1 aliphatic heterocycles. The molecule has 0 aliphatic carbocycles. The summed E-state index contributed by atoms with van der Waals surface area (Å²) in [7, 11) is 1.59. The second-order valence-corrected chi connectivity index (χ2v) is 7.09. The van der Waals surface area contributed by atoms with E-state index in [0.717, 1.165) is 23.7 Å². The number of likely N-dealkylation sites (tertiary alicyclic amines) is 1. The Kier molecular flexibility index (Phi) is 6.04. The second kappa shape index (κ2) is 8.45. The van der Waals surface area contributed by atoms with Gasteiger partial charge in [0.2, 0.25) is 0 Å². The fourth-order valence-electron chi connectivity index (χ4n) is 3.39.